The zero-order valence-electron chi connectivity index (χ0n) is 12.0. The summed E-state index contributed by atoms with van der Waals surface area (Å²) in [6, 6.07) is 0.250. The number of nitrogens with one attached hydrogen (secondary N) is 2. The van der Waals surface area contributed by atoms with Gasteiger partial charge in [-0.25, -0.2) is 0 Å². The maximum atomic E-state index is 12.6. The van der Waals surface area contributed by atoms with Gasteiger partial charge < -0.3 is 20.1 Å². The Morgan fingerprint density at radius 1 is 1.47 bits per heavy atom. The molecule has 110 valence electrons. The van der Waals surface area contributed by atoms with Gasteiger partial charge in [-0.15, -0.1) is 0 Å². The molecule has 2 N–H and O–H groups in total. The molecule has 2 atom stereocenters. The summed E-state index contributed by atoms with van der Waals surface area (Å²) in [5.41, 5.74) is -0.346. The van der Waals surface area contributed by atoms with Crippen LogP contribution in [0.2, 0.25) is 0 Å². The molecule has 0 aromatic heterocycles. The lowest BCUT2D eigenvalue weighted by atomic mass is 9.78. The van der Waals surface area contributed by atoms with E-state index in [-0.39, 0.29) is 23.5 Å². The Morgan fingerprint density at radius 3 is 2.84 bits per heavy atom. The summed E-state index contributed by atoms with van der Waals surface area (Å²) in [5, 5.41) is 6.53. The zero-order chi connectivity index (χ0) is 13.7. The Bertz CT molecular complexity index is 298. The van der Waals surface area contributed by atoms with Gasteiger partial charge in [-0.05, 0) is 45.7 Å². The third-order valence-corrected chi connectivity index (χ3v) is 4.28. The van der Waals surface area contributed by atoms with E-state index in [4.69, 9.17) is 9.47 Å². The summed E-state index contributed by atoms with van der Waals surface area (Å²) >= 11 is 0. The molecule has 1 amide bonds. The molecule has 0 aromatic carbocycles. The average molecular weight is 270 g/mol. The molecule has 2 rings (SSSR count). The standard InChI is InChI=1S/C14H26N2O3/c1-11-9-12(3-8-19-11)16-13(17)14(10-18-2)4-6-15-7-5-14/h11-12,15H,3-10H2,1-2H3,(H,16,17). The Balaban J connectivity index is 1.95. The Morgan fingerprint density at radius 2 is 2.21 bits per heavy atom. The molecule has 5 nitrogen and oxygen atoms in total. The molecule has 0 radical (unpaired) electrons. The van der Waals surface area contributed by atoms with Crippen molar-refractivity contribution in [3.8, 4) is 0 Å². The molecule has 5 heteroatoms. The molecule has 2 saturated heterocycles. The van der Waals surface area contributed by atoms with Crippen LogP contribution in [-0.2, 0) is 14.3 Å². The maximum absolute atomic E-state index is 12.6. The first-order chi connectivity index (χ1) is 9.16. The maximum Gasteiger partial charge on any atom is 0.228 e. The number of rotatable bonds is 4. The fraction of sp³-hybridized carbons (Fsp3) is 0.929. The smallest absolute Gasteiger partial charge is 0.228 e. The van der Waals surface area contributed by atoms with Crippen molar-refractivity contribution in [1.82, 2.24) is 10.6 Å². The lowest BCUT2D eigenvalue weighted by Gasteiger charge is -2.38. The molecule has 2 aliphatic heterocycles. The van der Waals surface area contributed by atoms with Crippen LogP contribution in [-0.4, -0.2) is 51.5 Å². The van der Waals surface area contributed by atoms with Crippen LogP contribution in [0, 0.1) is 5.41 Å². The van der Waals surface area contributed by atoms with Crippen LogP contribution in [0.5, 0.6) is 0 Å². The number of hydrogen-bond acceptors (Lipinski definition) is 4. The minimum atomic E-state index is -0.346. The number of carbonyl (C=O) groups excluding carboxylic acids is 1. The summed E-state index contributed by atoms with van der Waals surface area (Å²) in [7, 11) is 1.67. The number of amides is 1. The molecule has 2 fully saturated rings. The van der Waals surface area contributed by atoms with Gasteiger partial charge in [-0.2, -0.15) is 0 Å². The zero-order valence-corrected chi connectivity index (χ0v) is 12.0. The third kappa shape index (κ3) is 3.68. The van der Waals surface area contributed by atoms with E-state index in [1.54, 1.807) is 7.11 Å². The monoisotopic (exact) mass is 270 g/mol. The average Bonchev–Trinajstić information content (AvgIpc) is 2.40. The van der Waals surface area contributed by atoms with E-state index in [0.717, 1.165) is 45.4 Å². The predicted molar refractivity (Wildman–Crippen MR) is 73.0 cm³/mol. The van der Waals surface area contributed by atoms with E-state index in [1.165, 1.54) is 0 Å². The Kier molecular flexibility index (Phi) is 5.19. The number of ether oxygens (including phenoxy) is 2. The molecule has 0 aliphatic carbocycles. The van der Waals surface area contributed by atoms with Crippen molar-refractivity contribution in [2.24, 2.45) is 5.41 Å². The molecule has 0 bridgehead atoms. The third-order valence-electron chi connectivity index (χ3n) is 4.28. The Hall–Kier alpha value is -0.650. The highest BCUT2D eigenvalue weighted by Gasteiger charge is 2.40. The van der Waals surface area contributed by atoms with E-state index >= 15 is 0 Å². The molecular weight excluding hydrogens is 244 g/mol. The first-order valence-electron chi connectivity index (χ1n) is 7.28. The lowest BCUT2D eigenvalue weighted by Crippen LogP contribution is -2.53. The number of methoxy groups -OCH3 is 1. The van der Waals surface area contributed by atoms with Crippen molar-refractivity contribution >= 4 is 5.91 Å². The van der Waals surface area contributed by atoms with Gasteiger partial charge in [0.25, 0.3) is 0 Å². The molecule has 2 heterocycles. The SMILES string of the molecule is COCC1(C(=O)NC2CCOC(C)C2)CCNCC1. The van der Waals surface area contributed by atoms with Crippen LogP contribution in [0.4, 0.5) is 0 Å². The molecule has 0 spiro atoms. The first-order valence-corrected chi connectivity index (χ1v) is 7.28. The lowest BCUT2D eigenvalue weighted by molar-refractivity contribution is -0.137. The largest absolute Gasteiger partial charge is 0.384 e. The summed E-state index contributed by atoms with van der Waals surface area (Å²) < 4.78 is 10.8. The normalized spacial score (nSPS) is 30.8. The van der Waals surface area contributed by atoms with Crippen LogP contribution in [0.1, 0.15) is 32.6 Å². The molecule has 19 heavy (non-hydrogen) atoms. The van der Waals surface area contributed by atoms with Crippen LogP contribution in [0.15, 0.2) is 0 Å². The fourth-order valence-corrected chi connectivity index (χ4v) is 3.09. The quantitative estimate of drug-likeness (QED) is 0.789. The minimum Gasteiger partial charge on any atom is -0.384 e. The summed E-state index contributed by atoms with van der Waals surface area (Å²) in [6.45, 7) is 5.10. The second-order valence-electron chi connectivity index (χ2n) is 5.84. The molecule has 2 aliphatic rings. The number of piperidine rings is 1. The summed E-state index contributed by atoms with van der Waals surface area (Å²) in [5.74, 6) is 0.162. The van der Waals surface area contributed by atoms with Crippen LogP contribution < -0.4 is 10.6 Å². The van der Waals surface area contributed by atoms with Crippen LogP contribution in [0.25, 0.3) is 0 Å². The predicted octanol–water partition coefficient (Wildman–Crippen LogP) is 0.686. The van der Waals surface area contributed by atoms with Crippen molar-refractivity contribution in [3.63, 3.8) is 0 Å². The Labute approximate surface area is 115 Å². The van der Waals surface area contributed by atoms with Gasteiger partial charge in [-0.3, -0.25) is 4.79 Å². The topological polar surface area (TPSA) is 59.6 Å². The van der Waals surface area contributed by atoms with Gasteiger partial charge in [0.15, 0.2) is 0 Å². The van der Waals surface area contributed by atoms with Gasteiger partial charge in [0.2, 0.25) is 5.91 Å². The van der Waals surface area contributed by atoms with E-state index in [1.807, 2.05) is 0 Å². The minimum absolute atomic E-state index is 0.162. The van der Waals surface area contributed by atoms with Crippen LogP contribution in [0.3, 0.4) is 0 Å². The second-order valence-corrected chi connectivity index (χ2v) is 5.84. The van der Waals surface area contributed by atoms with E-state index in [9.17, 15) is 4.79 Å². The fourth-order valence-electron chi connectivity index (χ4n) is 3.09. The van der Waals surface area contributed by atoms with Crippen molar-refractivity contribution < 1.29 is 14.3 Å². The van der Waals surface area contributed by atoms with E-state index < -0.39 is 0 Å². The molecule has 0 aromatic rings. The summed E-state index contributed by atoms with van der Waals surface area (Å²) in [4.78, 5) is 12.6. The van der Waals surface area contributed by atoms with Gasteiger partial charge in [0.05, 0.1) is 18.1 Å². The van der Waals surface area contributed by atoms with Crippen molar-refractivity contribution in [1.29, 1.82) is 0 Å². The van der Waals surface area contributed by atoms with E-state index in [2.05, 4.69) is 17.6 Å². The first kappa shape index (κ1) is 14.8. The molecular formula is C14H26N2O3. The highest BCUT2D eigenvalue weighted by Crippen LogP contribution is 2.30. The highest BCUT2D eigenvalue weighted by atomic mass is 16.5. The molecule has 2 unspecified atom stereocenters. The van der Waals surface area contributed by atoms with Crippen molar-refractivity contribution in [3.05, 3.63) is 0 Å². The van der Waals surface area contributed by atoms with Gasteiger partial charge >= 0.3 is 0 Å². The van der Waals surface area contributed by atoms with Crippen molar-refractivity contribution in [2.45, 2.75) is 44.8 Å². The highest BCUT2D eigenvalue weighted by molar-refractivity contribution is 5.83. The van der Waals surface area contributed by atoms with E-state index in [0.29, 0.717) is 6.61 Å². The van der Waals surface area contributed by atoms with Gasteiger partial charge in [-0.1, -0.05) is 0 Å². The van der Waals surface area contributed by atoms with Gasteiger partial charge in [0, 0.05) is 19.8 Å². The second kappa shape index (κ2) is 6.68. The van der Waals surface area contributed by atoms with Crippen LogP contribution >= 0.6 is 0 Å². The number of hydrogen-bond donors (Lipinski definition) is 2. The van der Waals surface area contributed by atoms with Crippen molar-refractivity contribution in [2.75, 3.05) is 33.4 Å². The number of carbonyl (C=O) groups is 1. The summed E-state index contributed by atoms with van der Waals surface area (Å²) in [6.07, 6.45) is 3.77. The molecule has 0 saturated carbocycles. The van der Waals surface area contributed by atoms with Gasteiger partial charge in [0.1, 0.15) is 0 Å².